The Morgan fingerprint density at radius 2 is 1.03 bits per heavy atom. The summed E-state index contributed by atoms with van der Waals surface area (Å²) in [6.07, 6.45) is -39.2. The molecule has 0 spiro atoms. The van der Waals surface area contributed by atoms with Gasteiger partial charge in [-0.05, 0) is 20.8 Å². The van der Waals surface area contributed by atoms with Crippen LogP contribution in [-0.2, 0) is 61.7 Å². The molecule has 6 aliphatic rings. The summed E-state index contributed by atoms with van der Waals surface area (Å²) >= 11 is 0. The van der Waals surface area contributed by atoms with Gasteiger partial charge in [0.05, 0.1) is 31.5 Å². The quantitative estimate of drug-likeness (QED) is 0.111. The summed E-state index contributed by atoms with van der Waals surface area (Å²) in [4.78, 5) is 25.3. The minimum Gasteiger partial charge on any atom is -0.454 e. The largest absolute Gasteiger partial charge is 0.454 e. The molecule has 0 aromatic carbocycles. The molecule has 24 heteroatoms. The highest BCUT2D eigenvalue weighted by atomic mass is 16.8. The number of rotatable bonds is 6. The Bertz CT molecular complexity index is 1400. The predicted molar refractivity (Wildman–Crippen MR) is 180 cm³/mol. The van der Waals surface area contributed by atoms with Gasteiger partial charge in [0, 0.05) is 13.8 Å². The minimum absolute atomic E-state index is 0.719. The summed E-state index contributed by atoms with van der Waals surface area (Å²) in [6, 6.07) is -1.56. The van der Waals surface area contributed by atoms with Gasteiger partial charge in [-0.15, -0.1) is 0 Å². The van der Waals surface area contributed by atoms with Crippen molar-refractivity contribution in [2.75, 3.05) is 13.2 Å². The number of hydrogen-bond donors (Lipinski definition) is 11. The molecule has 0 aromatic heterocycles. The second-order valence-electron chi connectivity index (χ2n) is 15.3. The van der Waals surface area contributed by atoms with Crippen LogP contribution in [0.1, 0.15) is 34.6 Å². The third kappa shape index (κ3) is 9.17. The molecule has 6 rings (SSSR count). The molecule has 0 radical (unpaired) electrons. The molecule has 24 nitrogen and oxygen atoms in total. The minimum atomic E-state index is -1.86. The van der Waals surface area contributed by atoms with Crippen LogP contribution in [0.5, 0.6) is 0 Å². The van der Waals surface area contributed by atoms with Crippen molar-refractivity contribution in [2.24, 2.45) is 0 Å². The third-order valence-electron chi connectivity index (χ3n) is 11.1. The Morgan fingerprint density at radius 3 is 1.59 bits per heavy atom. The summed E-state index contributed by atoms with van der Waals surface area (Å²) in [7, 11) is 0. The van der Waals surface area contributed by atoms with Gasteiger partial charge in [0.15, 0.2) is 37.6 Å². The van der Waals surface area contributed by atoms with Crippen molar-refractivity contribution in [3.63, 3.8) is 0 Å². The first-order valence-electron chi connectivity index (χ1n) is 19.0. The Labute approximate surface area is 331 Å². The molecule has 4 bridgehead atoms. The van der Waals surface area contributed by atoms with Gasteiger partial charge in [-0.3, -0.25) is 9.59 Å². The molecule has 0 aromatic rings. The molecular weight excluding hydrogens is 790 g/mol. The first-order valence-corrected chi connectivity index (χ1v) is 19.0. The molecule has 0 aliphatic carbocycles. The maximum atomic E-state index is 12.8. The van der Waals surface area contributed by atoms with Crippen molar-refractivity contribution in [3.05, 3.63) is 0 Å². The summed E-state index contributed by atoms with van der Waals surface area (Å²) < 4.78 is 65.5. The Morgan fingerprint density at radius 1 is 0.517 bits per heavy atom. The van der Waals surface area contributed by atoms with Gasteiger partial charge in [0.1, 0.15) is 97.6 Å². The van der Waals surface area contributed by atoms with E-state index >= 15 is 0 Å². The molecule has 6 heterocycles. The SMILES string of the molecule is CC(=O)N[C@H]1[C@H]2O[C@H]3[C@H](O[C@H]4[C@H](O[C@@H]5[C@@H](O)[C@H](C)O[C@@H](O[C@H]1[C@H](O)[C@@H](CO[C@H]1O[C@H](CO)[C@@H](O)[C@H](O)[C@H]1O)O2)[C@@H]5OC(C)=O)O[C@@H](C)[C@H](O)[C@H]4O)O[C@@H](C)[C@H](O)[C@H]3O. The van der Waals surface area contributed by atoms with Crippen LogP contribution in [0, 0.1) is 0 Å². The van der Waals surface area contributed by atoms with Crippen LogP contribution >= 0.6 is 0 Å². The van der Waals surface area contributed by atoms with E-state index in [4.69, 9.17) is 52.1 Å². The number of carbonyl (C=O) groups is 2. The van der Waals surface area contributed by atoms with E-state index in [1.165, 1.54) is 20.8 Å². The van der Waals surface area contributed by atoms with Crippen molar-refractivity contribution >= 4 is 11.9 Å². The number of ether oxygens (including phenoxy) is 11. The summed E-state index contributed by atoms with van der Waals surface area (Å²) in [5, 5.41) is 111. The van der Waals surface area contributed by atoms with Crippen LogP contribution < -0.4 is 5.32 Å². The summed E-state index contributed by atoms with van der Waals surface area (Å²) in [5.41, 5.74) is 0. The van der Waals surface area contributed by atoms with Crippen LogP contribution in [0.2, 0.25) is 0 Å². The molecular formula is C34H55NO23. The van der Waals surface area contributed by atoms with Crippen molar-refractivity contribution in [1.82, 2.24) is 5.32 Å². The standard InChI is InChI=1S/C34H55NO23/c1-8-17(40)23(46)28-32(49-8)56-26-18(41)10(3)51-34(29(26)52-12(5)38)55-25-15(35-11(4)37)30(57-27-22(45)16(39)9(2)50-33(27)58-28)54-14(20(25)43)7-48-31-24(47)21(44)19(42)13(6-36)53-31/h8-10,13-34,36,39-47H,6-7H2,1-5H3,(H,35,37)/t8-,9-,10-,13+,14+,15+,16-,17-,18-,19+,20+,21-,22+,23+,24+,25+,26+,27+,28+,29+,30+,31-,32-,33-,34-/m0/s1. The second-order valence-corrected chi connectivity index (χ2v) is 15.3. The van der Waals surface area contributed by atoms with Gasteiger partial charge >= 0.3 is 5.97 Å². The van der Waals surface area contributed by atoms with Crippen LogP contribution in [0.3, 0.4) is 0 Å². The fourth-order valence-corrected chi connectivity index (χ4v) is 7.82. The van der Waals surface area contributed by atoms with Crippen molar-refractivity contribution in [3.8, 4) is 0 Å². The van der Waals surface area contributed by atoms with E-state index < -0.39 is 179 Å². The molecule has 0 unspecified atom stereocenters. The predicted octanol–water partition coefficient (Wildman–Crippen LogP) is -7.08. The van der Waals surface area contributed by atoms with Crippen LogP contribution in [0.25, 0.3) is 0 Å². The highest BCUT2D eigenvalue weighted by molar-refractivity contribution is 5.73. The molecule has 6 fully saturated rings. The van der Waals surface area contributed by atoms with E-state index in [-0.39, 0.29) is 0 Å². The maximum Gasteiger partial charge on any atom is 0.303 e. The van der Waals surface area contributed by atoms with Crippen LogP contribution in [0.4, 0.5) is 0 Å². The van der Waals surface area contributed by atoms with E-state index in [0.29, 0.717) is 0 Å². The molecule has 58 heavy (non-hydrogen) atoms. The zero-order chi connectivity index (χ0) is 42.5. The topological polar surface area (TPSA) is 350 Å². The zero-order valence-electron chi connectivity index (χ0n) is 32.1. The van der Waals surface area contributed by atoms with E-state index in [9.17, 15) is 60.7 Å². The smallest absolute Gasteiger partial charge is 0.303 e. The van der Waals surface area contributed by atoms with Crippen molar-refractivity contribution in [1.29, 1.82) is 0 Å². The van der Waals surface area contributed by atoms with Crippen LogP contribution in [0.15, 0.2) is 0 Å². The number of esters is 1. The van der Waals surface area contributed by atoms with E-state index in [1.54, 1.807) is 0 Å². The molecule has 6 aliphatic heterocycles. The Balaban J connectivity index is 1.43. The van der Waals surface area contributed by atoms with Gasteiger partial charge in [0.25, 0.3) is 0 Å². The first kappa shape index (κ1) is 45.7. The fourth-order valence-electron chi connectivity index (χ4n) is 7.82. The second kappa shape index (κ2) is 18.6. The number of aliphatic hydroxyl groups excluding tert-OH is 10. The number of fused-ring (bicyclic) bond motifs is 6. The van der Waals surface area contributed by atoms with Crippen molar-refractivity contribution in [2.45, 2.75) is 188 Å². The number of amides is 1. The van der Waals surface area contributed by atoms with E-state index in [2.05, 4.69) is 5.32 Å². The molecule has 11 N–H and O–H groups in total. The lowest BCUT2D eigenvalue weighted by atomic mass is 9.94. The lowest BCUT2D eigenvalue weighted by Gasteiger charge is -2.52. The van der Waals surface area contributed by atoms with Gasteiger partial charge in [-0.1, -0.05) is 0 Å². The summed E-state index contributed by atoms with van der Waals surface area (Å²) in [5.74, 6) is -1.63. The van der Waals surface area contributed by atoms with Gasteiger partial charge in [0.2, 0.25) is 5.91 Å². The lowest BCUT2D eigenvalue weighted by molar-refractivity contribution is -0.409. The number of carbonyl (C=O) groups excluding carboxylic acids is 2. The Hall–Kier alpha value is -1.86. The highest BCUT2D eigenvalue weighted by Crippen LogP contribution is 2.38. The van der Waals surface area contributed by atoms with Gasteiger partial charge < -0.3 is 108 Å². The normalized spacial score (nSPS) is 52.6. The molecule has 1 amide bonds. The summed E-state index contributed by atoms with van der Waals surface area (Å²) in [6.45, 7) is 4.90. The average Bonchev–Trinajstić information content (AvgIpc) is 3.16. The van der Waals surface area contributed by atoms with E-state index in [1.807, 2.05) is 0 Å². The Kier molecular flexibility index (Phi) is 14.7. The number of hydrogen-bond acceptors (Lipinski definition) is 23. The first-order chi connectivity index (χ1) is 27.3. The lowest BCUT2D eigenvalue weighted by Crippen LogP contribution is -2.71. The molecule has 0 saturated carbocycles. The average molecular weight is 846 g/mol. The zero-order valence-corrected chi connectivity index (χ0v) is 32.1. The van der Waals surface area contributed by atoms with Crippen LogP contribution in [-0.4, -0.2) is 230 Å². The van der Waals surface area contributed by atoms with Crippen molar-refractivity contribution < 1.29 is 113 Å². The molecule has 6 saturated heterocycles. The highest BCUT2D eigenvalue weighted by Gasteiger charge is 2.58. The molecule has 25 atom stereocenters. The third-order valence-corrected chi connectivity index (χ3v) is 11.1. The number of nitrogens with one attached hydrogen (secondary N) is 1. The maximum absolute atomic E-state index is 12.8. The van der Waals surface area contributed by atoms with E-state index in [0.717, 1.165) is 13.8 Å². The van der Waals surface area contributed by atoms with Gasteiger partial charge in [-0.25, -0.2) is 0 Å². The number of aliphatic hydroxyl groups is 10. The molecule has 334 valence electrons. The fraction of sp³-hybridized carbons (Fsp3) is 0.941. The van der Waals surface area contributed by atoms with Gasteiger partial charge in [-0.2, -0.15) is 0 Å². The monoisotopic (exact) mass is 845 g/mol.